The van der Waals surface area contributed by atoms with Gasteiger partial charge in [-0.15, -0.1) is 0 Å². The van der Waals surface area contributed by atoms with Crippen LogP contribution in [0, 0.1) is 6.92 Å². The van der Waals surface area contributed by atoms with Gasteiger partial charge < -0.3 is 4.74 Å². The standard InChI is InChI=1S/C21H18N4O/c1-15-22-20-13-19(26-2)18(14-25(20)24-15)23-21(16-9-5-3-6-10-16)17-11-7-4-8-12-17/h3-14H,1-2H3. The van der Waals surface area contributed by atoms with Crippen molar-refractivity contribution in [2.75, 3.05) is 7.11 Å². The summed E-state index contributed by atoms with van der Waals surface area (Å²) in [6, 6.07) is 22.1. The number of benzene rings is 2. The second-order valence-corrected chi connectivity index (χ2v) is 5.88. The van der Waals surface area contributed by atoms with Gasteiger partial charge in [0.15, 0.2) is 5.65 Å². The van der Waals surface area contributed by atoms with Crippen molar-refractivity contribution in [2.24, 2.45) is 4.99 Å². The van der Waals surface area contributed by atoms with E-state index in [1.165, 1.54) is 0 Å². The summed E-state index contributed by atoms with van der Waals surface area (Å²) in [5.41, 5.74) is 4.39. The van der Waals surface area contributed by atoms with Crippen molar-refractivity contribution in [3.05, 3.63) is 89.9 Å². The van der Waals surface area contributed by atoms with Crippen LogP contribution in [0.1, 0.15) is 17.0 Å². The van der Waals surface area contributed by atoms with Gasteiger partial charge in [0.05, 0.1) is 19.0 Å². The van der Waals surface area contributed by atoms with Crippen LogP contribution < -0.4 is 4.74 Å². The summed E-state index contributed by atoms with van der Waals surface area (Å²) in [4.78, 5) is 9.31. The van der Waals surface area contributed by atoms with Crippen LogP contribution in [0.25, 0.3) is 5.65 Å². The Morgan fingerprint density at radius 1 is 0.962 bits per heavy atom. The molecule has 0 bridgehead atoms. The summed E-state index contributed by atoms with van der Waals surface area (Å²) in [5, 5.41) is 4.38. The van der Waals surface area contributed by atoms with E-state index in [2.05, 4.69) is 34.3 Å². The van der Waals surface area contributed by atoms with Crippen LogP contribution in [-0.4, -0.2) is 27.4 Å². The van der Waals surface area contributed by atoms with Crippen molar-refractivity contribution >= 4 is 17.0 Å². The molecule has 2 aromatic carbocycles. The smallest absolute Gasteiger partial charge is 0.159 e. The number of nitrogens with zero attached hydrogens (tertiary/aromatic N) is 4. The third kappa shape index (κ3) is 3.07. The van der Waals surface area contributed by atoms with Gasteiger partial charge in [-0.3, -0.25) is 0 Å². The molecule has 0 amide bonds. The monoisotopic (exact) mass is 342 g/mol. The van der Waals surface area contributed by atoms with Gasteiger partial charge >= 0.3 is 0 Å². The molecule has 2 aromatic heterocycles. The first-order valence-corrected chi connectivity index (χ1v) is 8.35. The average Bonchev–Trinajstić information content (AvgIpc) is 3.05. The molecule has 0 fully saturated rings. The highest BCUT2D eigenvalue weighted by molar-refractivity contribution is 6.14. The van der Waals surface area contributed by atoms with Crippen LogP contribution in [0.2, 0.25) is 0 Å². The number of pyridine rings is 1. The third-order valence-electron chi connectivity index (χ3n) is 4.07. The van der Waals surface area contributed by atoms with Crippen molar-refractivity contribution in [3.8, 4) is 5.75 Å². The van der Waals surface area contributed by atoms with E-state index in [0.29, 0.717) is 17.3 Å². The Bertz CT molecular complexity index is 1030. The summed E-state index contributed by atoms with van der Waals surface area (Å²) in [7, 11) is 1.64. The van der Waals surface area contributed by atoms with Gasteiger partial charge in [-0.25, -0.2) is 14.5 Å². The lowest BCUT2D eigenvalue weighted by Crippen LogP contribution is -2.03. The van der Waals surface area contributed by atoms with Crippen molar-refractivity contribution in [1.82, 2.24) is 14.6 Å². The molecule has 0 unspecified atom stereocenters. The summed E-state index contributed by atoms with van der Waals surface area (Å²) < 4.78 is 7.27. The zero-order chi connectivity index (χ0) is 17.9. The van der Waals surface area contributed by atoms with E-state index in [0.717, 1.165) is 22.5 Å². The van der Waals surface area contributed by atoms with Crippen LogP contribution in [-0.2, 0) is 0 Å². The van der Waals surface area contributed by atoms with E-state index < -0.39 is 0 Å². The fourth-order valence-electron chi connectivity index (χ4n) is 2.87. The maximum Gasteiger partial charge on any atom is 0.159 e. The minimum Gasteiger partial charge on any atom is -0.494 e. The zero-order valence-corrected chi connectivity index (χ0v) is 14.6. The van der Waals surface area contributed by atoms with E-state index in [1.54, 1.807) is 11.6 Å². The molecule has 5 heteroatoms. The predicted octanol–water partition coefficient (Wildman–Crippen LogP) is 4.22. The molecular formula is C21H18N4O. The molecule has 128 valence electrons. The molecular weight excluding hydrogens is 324 g/mol. The number of hydrogen-bond acceptors (Lipinski definition) is 4. The largest absolute Gasteiger partial charge is 0.494 e. The predicted molar refractivity (Wildman–Crippen MR) is 102 cm³/mol. The summed E-state index contributed by atoms with van der Waals surface area (Å²) >= 11 is 0. The molecule has 2 heterocycles. The molecule has 0 N–H and O–H groups in total. The SMILES string of the molecule is COc1cc2nc(C)nn2cc1N=C(c1ccccc1)c1ccccc1. The van der Waals surface area contributed by atoms with Gasteiger partial charge in [-0.2, -0.15) is 5.10 Å². The molecule has 0 saturated heterocycles. The summed E-state index contributed by atoms with van der Waals surface area (Å²) in [6.07, 6.45) is 1.85. The lowest BCUT2D eigenvalue weighted by molar-refractivity contribution is 0.416. The van der Waals surface area contributed by atoms with E-state index in [-0.39, 0.29) is 0 Å². The summed E-state index contributed by atoms with van der Waals surface area (Å²) in [6.45, 7) is 1.86. The minimum atomic E-state index is 0.661. The molecule has 26 heavy (non-hydrogen) atoms. The minimum absolute atomic E-state index is 0.661. The first-order valence-electron chi connectivity index (χ1n) is 8.35. The Labute approximate surface area is 151 Å². The van der Waals surface area contributed by atoms with Gasteiger partial charge in [-0.1, -0.05) is 60.7 Å². The Morgan fingerprint density at radius 2 is 1.58 bits per heavy atom. The highest BCUT2D eigenvalue weighted by Gasteiger charge is 2.12. The van der Waals surface area contributed by atoms with Gasteiger partial charge in [0.2, 0.25) is 0 Å². The fraction of sp³-hybridized carbons (Fsp3) is 0.0952. The van der Waals surface area contributed by atoms with E-state index >= 15 is 0 Å². The zero-order valence-electron chi connectivity index (χ0n) is 14.6. The van der Waals surface area contributed by atoms with E-state index in [4.69, 9.17) is 9.73 Å². The number of methoxy groups -OCH3 is 1. The molecule has 0 aliphatic rings. The van der Waals surface area contributed by atoms with Crippen LogP contribution >= 0.6 is 0 Å². The van der Waals surface area contributed by atoms with Crippen molar-refractivity contribution < 1.29 is 4.74 Å². The average molecular weight is 342 g/mol. The van der Waals surface area contributed by atoms with Crippen molar-refractivity contribution in [2.45, 2.75) is 6.92 Å². The maximum absolute atomic E-state index is 5.55. The second kappa shape index (κ2) is 6.80. The van der Waals surface area contributed by atoms with Crippen molar-refractivity contribution in [1.29, 1.82) is 0 Å². The first kappa shape index (κ1) is 16.0. The molecule has 0 atom stereocenters. The molecule has 0 saturated carbocycles. The number of aliphatic imine (C=N–C) groups is 1. The van der Waals surface area contributed by atoms with Crippen LogP contribution in [0.3, 0.4) is 0 Å². The quantitative estimate of drug-likeness (QED) is 0.522. The number of fused-ring (bicyclic) bond motifs is 1. The summed E-state index contributed by atoms with van der Waals surface area (Å²) in [5.74, 6) is 1.37. The van der Waals surface area contributed by atoms with Gasteiger partial charge in [0.25, 0.3) is 0 Å². The molecule has 0 radical (unpaired) electrons. The third-order valence-corrected chi connectivity index (χ3v) is 4.07. The molecule has 0 aliphatic heterocycles. The van der Waals surface area contributed by atoms with Gasteiger partial charge in [-0.05, 0) is 6.92 Å². The molecule has 0 aliphatic carbocycles. The van der Waals surface area contributed by atoms with E-state index in [9.17, 15) is 0 Å². The Morgan fingerprint density at radius 3 is 2.15 bits per heavy atom. The fourth-order valence-corrected chi connectivity index (χ4v) is 2.87. The molecule has 0 spiro atoms. The van der Waals surface area contributed by atoms with Gasteiger partial charge in [0.1, 0.15) is 17.3 Å². The molecule has 4 aromatic rings. The number of rotatable bonds is 4. The molecule has 5 nitrogen and oxygen atoms in total. The highest BCUT2D eigenvalue weighted by atomic mass is 16.5. The Balaban J connectivity index is 1.93. The van der Waals surface area contributed by atoms with E-state index in [1.807, 2.05) is 55.6 Å². The number of ether oxygens (including phenoxy) is 1. The number of aryl methyl sites for hydroxylation is 1. The maximum atomic E-state index is 5.55. The molecule has 4 rings (SSSR count). The Hall–Kier alpha value is -3.47. The second-order valence-electron chi connectivity index (χ2n) is 5.88. The normalized spacial score (nSPS) is 10.7. The van der Waals surface area contributed by atoms with Crippen LogP contribution in [0.5, 0.6) is 5.75 Å². The van der Waals surface area contributed by atoms with Crippen LogP contribution in [0.4, 0.5) is 5.69 Å². The van der Waals surface area contributed by atoms with Crippen LogP contribution in [0.15, 0.2) is 77.9 Å². The lowest BCUT2D eigenvalue weighted by atomic mass is 10.0. The van der Waals surface area contributed by atoms with Crippen molar-refractivity contribution in [3.63, 3.8) is 0 Å². The lowest BCUT2D eigenvalue weighted by Gasteiger charge is -2.10. The highest BCUT2D eigenvalue weighted by Crippen LogP contribution is 2.30. The number of aromatic nitrogens is 3. The Kier molecular flexibility index (Phi) is 4.19. The van der Waals surface area contributed by atoms with Gasteiger partial charge in [0, 0.05) is 17.2 Å². The number of hydrogen-bond donors (Lipinski definition) is 0. The first-order chi connectivity index (χ1) is 12.7. The topological polar surface area (TPSA) is 51.8 Å².